The molecular weight excluding hydrogens is 195 g/mol. The fourth-order valence-corrected chi connectivity index (χ4v) is 0.347. The molecule has 0 radical (unpaired) electrons. The van der Waals surface area contributed by atoms with E-state index in [0.717, 1.165) is 6.42 Å². The summed E-state index contributed by atoms with van der Waals surface area (Å²) >= 11 is 0. The summed E-state index contributed by atoms with van der Waals surface area (Å²) in [5, 5.41) is 15.6. The zero-order valence-corrected chi connectivity index (χ0v) is 7.56. The minimum absolute atomic E-state index is 0. The first kappa shape index (κ1) is 19.1. The van der Waals surface area contributed by atoms with Crippen LogP contribution in [0.25, 0.3) is 0 Å². The quantitative estimate of drug-likeness (QED) is 0.413. The Morgan fingerprint density at radius 2 is 1.57 bits per heavy atom. The van der Waals surface area contributed by atoms with E-state index in [1.807, 2.05) is 6.08 Å². The van der Waals surface area contributed by atoms with Crippen molar-refractivity contribution < 1.29 is 19.8 Å². The van der Waals surface area contributed by atoms with Gasteiger partial charge in [0, 0.05) is 12.2 Å². The molecule has 0 fully saturated rings. The molecule has 0 aromatic carbocycles. The average molecular weight is 210 g/mol. The van der Waals surface area contributed by atoms with E-state index in [2.05, 4.69) is 13.5 Å². The maximum atomic E-state index is 9.55. The first-order valence-corrected chi connectivity index (χ1v) is 3.79. The summed E-state index contributed by atoms with van der Waals surface area (Å²) in [7, 11) is 0. The van der Waals surface area contributed by atoms with Gasteiger partial charge >= 0.3 is 41.5 Å². The second kappa shape index (κ2) is 14.9. The summed E-state index contributed by atoms with van der Waals surface area (Å²) in [5.41, 5.74) is 0. The topological polar surface area (TPSA) is 74.6 Å². The normalized spacial score (nSPS) is 8.07. The third-order valence-corrected chi connectivity index (χ3v) is 0.861. The van der Waals surface area contributed by atoms with Crippen LogP contribution in [0.15, 0.2) is 24.8 Å². The molecule has 0 heterocycles. The maximum absolute atomic E-state index is 9.55. The summed E-state index contributed by atoms with van der Waals surface area (Å²) in [4.78, 5) is 19.1. The fraction of sp³-hybridized carbons (Fsp3) is 0.333. The summed E-state index contributed by atoms with van der Waals surface area (Å²) in [6.45, 7) is 5.69. The van der Waals surface area contributed by atoms with Gasteiger partial charge in [-0.15, -0.1) is 6.58 Å². The third kappa shape index (κ3) is 30.1. The van der Waals surface area contributed by atoms with Gasteiger partial charge in [-0.2, -0.15) is 0 Å². The van der Waals surface area contributed by atoms with E-state index in [0.29, 0.717) is 12.2 Å². The van der Waals surface area contributed by atoms with Gasteiger partial charge in [-0.05, 0) is 6.42 Å². The van der Waals surface area contributed by atoms with Crippen LogP contribution in [0.5, 0.6) is 0 Å². The van der Waals surface area contributed by atoms with Crippen molar-refractivity contribution in [2.24, 2.45) is 0 Å². The molecule has 76 valence electrons. The third-order valence-electron chi connectivity index (χ3n) is 0.861. The zero-order valence-electron chi connectivity index (χ0n) is 7.56. The Bertz CT molecular complexity index is 183. The van der Waals surface area contributed by atoms with E-state index >= 15 is 0 Å². The summed E-state index contributed by atoms with van der Waals surface area (Å²) in [6, 6.07) is 0. The Kier molecular flexibility index (Phi) is 20.3. The van der Waals surface area contributed by atoms with Crippen molar-refractivity contribution in [2.45, 2.75) is 19.8 Å². The number of unbranched alkanes of at least 4 members (excludes halogenated alkanes) is 1. The van der Waals surface area contributed by atoms with E-state index in [1.54, 1.807) is 0 Å². The Morgan fingerprint density at radius 1 is 1.21 bits per heavy atom. The van der Waals surface area contributed by atoms with E-state index < -0.39 is 11.9 Å². The zero-order chi connectivity index (χ0) is 10.7. The number of rotatable bonds is 4. The van der Waals surface area contributed by atoms with Crippen LogP contribution >= 0.6 is 0 Å². The molecule has 0 saturated carbocycles. The molecule has 0 saturated heterocycles. The number of hydrogen-bond donors (Lipinski definition) is 2. The molecule has 0 atom stereocenters. The Morgan fingerprint density at radius 3 is 1.64 bits per heavy atom. The van der Waals surface area contributed by atoms with Crippen LogP contribution in [-0.4, -0.2) is 51.7 Å². The molecule has 5 heteroatoms. The summed E-state index contributed by atoms with van der Waals surface area (Å²) < 4.78 is 0. The van der Waals surface area contributed by atoms with Crippen molar-refractivity contribution in [3.8, 4) is 0 Å². The van der Waals surface area contributed by atoms with Crippen molar-refractivity contribution >= 4 is 41.5 Å². The first-order chi connectivity index (χ1) is 6.04. The van der Waals surface area contributed by atoms with Gasteiger partial charge in [0.05, 0.1) is 0 Å². The molecule has 2 N–H and O–H groups in total. The summed E-state index contributed by atoms with van der Waals surface area (Å²) in [5.74, 6) is -2.51. The molecule has 4 nitrogen and oxygen atoms in total. The second-order valence-corrected chi connectivity index (χ2v) is 2.09. The Labute approximate surface area is 106 Å². The SMILES string of the molecule is C=CCCC.O=C(O)/C=C\C(=O)O.[NaH]. The summed E-state index contributed by atoms with van der Waals surface area (Å²) in [6.07, 6.45) is 5.42. The van der Waals surface area contributed by atoms with Gasteiger partial charge in [-0.3, -0.25) is 0 Å². The molecule has 0 aromatic rings. The Hall–Kier alpha value is -0.580. The standard InChI is InChI=1S/C5H10.C4H4O4.Na.H/c1-3-5-4-2;5-3(6)1-2-4(7)8;;/h3H,1,4-5H2,2H3;1-2H,(H,5,6)(H,7,8);;/b;2-1-;;. The molecule has 0 bridgehead atoms. The van der Waals surface area contributed by atoms with Gasteiger partial charge < -0.3 is 10.2 Å². The molecule has 0 aliphatic rings. The van der Waals surface area contributed by atoms with Crippen molar-refractivity contribution in [2.75, 3.05) is 0 Å². The molecule has 0 spiro atoms. The average Bonchev–Trinajstić information content (AvgIpc) is 2.03. The Balaban J connectivity index is -0.000000177. The van der Waals surface area contributed by atoms with E-state index in [4.69, 9.17) is 10.2 Å². The van der Waals surface area contributed by atoms with Crippen LogP contribution in [0, 0.1) is 0 Å². The molecule has 0 unspecified atom stereocenters. The van der Waals surface area contributed by atoms with E-state index in [-0.39, 0.29) is 29.6 Å². The van der Waals surface area contributed by atoms with E-state index in [1.165, 1.54) is 6.42 Å². The fourth-order valence-electron chi connectivity index (χ4n) is 0.347. The number of allylic oxidation sites excluding steroid dienone is 1. The van der Waals surface area contributed by atoms with Crippen LogP contribution in [-0.2, 0) is 9.59 Å². The van der Waals surface area contributed by atoms with Crippen molar-refractivity contribution in [3.63, 3.8) is 0 Å². The number of hydrogen-bond acceptors (Lipinski definition) is 2. The molecule has 0 rings (SSSR count). The van der Waals surface area contributed by atoms with Gasteiger partial charge in [0.1, 0.15) is 0 Å². The predicted octanol–water partition coefficient (Wildman–Crippen LogP) is 1.04. The van der Waals surface area contributed by atoms with Gasteiger partial charge in [-0.25, -0.2) is 9.59 Å². The van der Waals surface area contributed by atoms with Crippen molar-refractivity contribution in [3.05, 3.63) is 24.8 Å². The van der Waals surface area contributed by atoms with Gasteiger partial charge in [0.15, 0.2) is 0 Å². The van der Waals surface area contributed by atoms with Gasteiger partial charge in [-0.1, -0.05) is 19.4 Å². The number of carboxylic acid groups (broad SMARTS) is 2. The van der Waals surface area contributed by atoms with Crippen LogP contribution < -0.4 is 0 Å². The molecular formula is C9H15NaO4. The van der Waals surface area contributed by atoms with E-state index in [9.17, 15) is 9.59 Å². The molecule has 0 aliphatic carbocycles. The number of aliphatic carboxylic acids is 2. The van der Waals surface area contributed by atoms with Gasteiger partial charge in [0.25, 0.3) is 0 Å². The second-order valence-electron chi connectivity index (χ2n) is 2.09. The number of carboxylic acids is 2. The minimum atomic E-state index is -1.26. The molecule has 0 amide bonds. The number of carbonyl (C=O) groups is 2. The molecule has 0 aliphatic heterocycles. The van der Waals surface area contributed by atoms with Crippen LogP contribution in [0.2, 0.25) is 0 Å². The first-order valence-electron chi connectivity index (χ1n) is 3.79. The molecule has 14 heavy (non-hydrogen) atoms. The predicted molar refractivity (Wildman–Crippen MR) is 56.7 cm³/mol. The van der Waals surface area contributed by atoms with Crippen molar-refractivity contribution in [1.29, 1.82) is 0 Å². The molecule has 0 aromatic heterocycles. The van der Waals surface area contributed by atoms with Gasteiger partial charge in [0.2, 0.25) is 0 Å². The van der Waals surface area contributed by atoms with Crippen molar-refractivity contribution in [1.82, 2.24) is 0 Å². The van der Waals surface area contributed by atoms with Crippen LogP contribution in [0.4, 0.5) is 0 Å². The van der Waals surface area contributed by atoms with Crippen LogP contribution in [0.3, 0.4) is 0 Å². The van der Waals surface area contributed by atoms with Crippen LogP contribution in [0.1, 0.15) is 19.8 Å². The monoisotopic (exact) mass is 210 g/mol.